The molecule has 2 saturated heterocycles. The Bertz CT molecular complexity index is 371. The summed E-state index contributed by atoms with van der Waals surface area (Å²) in [7, 11) is 0. The van der Waals surface area contributed by atoms with Crippen molar-refractivity contribution in [3.63, 3.8) is 0 Å². The number of rotatable bonds is 2. The van der Waals surface area contributed by atoms with Crippen molar-refractivity contribution in [2.24, 2.45) is 5.41 Å². The number of nitrogens with zero attached hydrogens (tertiary/aromatic N) is 2. The smallest absolute Gasteiger partial charge is 0.320 e. The standard InChI is InChI=1S/C12H19N3O4/c16-9-12(10(17)18)1-5-14(6-2-12)11(19)15-7-3-13-4-8-15/h9,13H,1-8H2,(H,17,18). The van der Waals surface area contributed by atoms with E-state index in [0.717, 1.165) is 13.1 Å². The Morgan fingerprint density at radius 2 is 1.58 bits per heavy atom. The fraction of sp³-hybridized carbons (Fsp3) is 0.750. The molecule has 2 aliphatic heterocycles. The number of piperazine rings is 1. The first-order valence-corrected chi connectivity index (χ1v) is 6.53. The second kappa shape index (κ2) is 5.56. The van der Waals surface area contributed by atoms with E-state index < -0.39 is 11.4 Å². The van der Waals surface area contributed by atoms with Gasteiger partial charge < -0.3 is 25.0 Å². The molecule has 0 radical (unpaired) electrons. The van der Waals surface area contributed by atoms with Crippen LogP contribution in [0.25, 0.3) is 0 Å². The first-order chi connectivity index (χ1) is 9.09. The van der Waals surface area contributed by atoms with Gasteiger partial charge in [-0.2, -0.15) is 0 Å². The number of carbonyl (C=O) groups is 3. The van der Waals surface area contributed by atoms with Gasteiger partial charge in [-0.05, 0) is 12.8 Å². The number of carboxylic acids is 1. The number of aliphatic carboxylic acids is 1. The third-order valence-electron chi connectivity index (χ3n) is 3.97. The quantitative estimate of drug-likeness (QED) is 0.515. The number of likely N-dealkylation sites (tertiary alicyclic amines) is 1. The lowest BCUT2D eigenvalue weighted by molar-refractivity contribution is -0.153. The van der Waals surface area contributed by atoms with Gasteiger partial charge in [0.05, 0.1) is 0 Å². The van der Waals surface area contributed by atoms with Crippen molar-refractivity contribution in [3.8, 4) is 0 Å². The molecule has 2 amide bonds. The van der Waals surface area contributed by atoms with Crippen molar-refractivity contribution in [1.29, 1.82) is 0 Å². The van der Waals surface area contributed by atoms with Crippen LogP contribution in [0.3, 0.4) is 0 Å². The monoisotopic (exact) mass is 269 g/mol. The zero-order valence-electron chi connectivity index (χ0n) is 10.8. The SMILES string of the molecule is O=CC1(C(=O)O)CCN(C(=O)N2CCNCC2)CC1. The Morgan fingerprint density at radius 3 is 2.05 bits per heavy atom. The second-order valence-electron chi connectivity index (χ2n) is 5.09. The van der Waals surface area contributed by atoms with Crippen LogP contribution in [0.2, 0.25) is 0 Å². The Balaban J connectivity index is 1.93. The van der Waals surface area contributed by atoms with Gasteiger partial charge >= 0.3 is 12.0 Å². The average Bonchev–Trinajstić information content (AvgIpc) is 2.47. The van der Waals surface area contributed by atoms with Crippen molar-refractivity contribution >= 4 is 18.3 Å². The Labute approximate surface area is 111 Å². The number of urea groups is 1. The number of hydrogen-bond donors (Lipinski definition) is 2. The van der Waals surface area contributed by atoms with Gasteiger partial charge in [0, 0.05) is 39.3 Å². The van der Waals surface area contributed by atoms with Gasteiger partial charge in [-0.25, -0.2) is 4.79 Å². The number of piperidine rings is 1. The summed E-state index contributed by atoms with van der Waals surface area (Å²) < 4.78 is 0. The van der Waals surface area contributed by atoms with Crippen LogP contribution in [0.1, 0.15) is 12.8 Å². The highest BCUT2D eigenvalue weighted by molar-refractivity contribution is 5.92. The highest BCUT2D eigenvalue weighted by Crippen LogP contribution is 2.30. The summed E-state index contributed by atoms with van der Waals surface area (Å²) in [6.07, 6.45) is 0.912. The summed E-state index contributed by atoms with van der Waals surface area (Å²) in [6, 6.07) is -0.0496. The first-order valence-electron chi connectivity index (χ1n) is 6.53. The van der Waals surface area contributed by atoms with Crippen molar-refractivity contribution in [1.82, 2.24) is 15.1 Å². The molecule has 0 unspecified atom stereocenters. The van der Waals surface area contributed by atoms with Crippen LogP contribution in [0, 0.1) is 5.41 Å². The molecule has 7 nitrogen and oxygen atoms in total. The summed E-state index contributed by atoms with van der Waals surface area (Å²) in [5.41, 5.74) is -1.31. The van der Waals surface area contributed by atoms with Gasteiger partial charge in [0.2, 0.25) is 0 Å². The van der Waals surface area contributed by atoms with E-state index in [2.05, 4.69) is 5.32 Å². The third-order valence-corrected chi connectivity index (χ3v) is 3.97. The molecule has 19 heavy (non-hydrogen) atoms. The molecule has 0 aromatic rings. The number of carbonyl (C=O) groups excluding carboxylic acids is 2. The Hall–Kier alpha value is -1.63. The number of aldehydes is 1. The van der Waals surface area contributed by atoms with Gasteiger partial charge in [-0.1, -0.05) is 0 Å². The lowest BCUT2D eigenvalue weighted by atomic mass is 9.80. The summed E-state index contributed by atoms with van der Waals surface area (Å²) in [5.74, 6) is -1.09. The largest absolute Gasteiger partial charge is 0.481 e. The van der Waals surface area contributed by atoms with Crippen molar-refractivity contribution in [2.75, 3.05) is 39.3 Å². The lowest BCUT2D eigenvalue weighted by Gasteiger charge is -2.39. The predicted octanol–water partition coefficient (Wildman–Crippen LogP) is -0.623. The molecule has 7 heteroatoms. The van der Waals surface area contributed by atoms with Crippen LogP contribution < -0.4 is 5.32 Å². The molecule has 2 rings (SSSR count). The minimum atomic E-state index is -1.31. The van der Waals surface area contributed by atoms with E-state index in [1.165, 1.54) is 0 Å². The molecule has 2 N–H and O–H groups in total. The molecule has 2 aliphatic rings. The molecule has 0 spiro atoms. The van der Waals surface area contributed by atoms with E-state index in [1.807, 2.05) is 0 Å². The predicted molar refractivity (Wildman–Crippen MR) is 66.8 cm³/mol. The molecule has 0 atom stereocenters. The molecule has 2 heterocycles. The van der Waals surface area contributed by atoms with Crippen LogP contribution in [0.4, 0.5) is 4.79 Å². The van der Waals surface area contributed by atoms with Gasteiger partial charge in [0.15, 0.2) is 0 Å². The highest BCUT2D eigenvalue weighted by Gasteiger charge is 2.43. The Kier molecular flexibility index (Phi) is 4.04. The van der Waals surface area contributed by atoms with E-state index in [9.17, 15) is 14.4 Å². The topological polar surface area (TPSA) is 90.0 Å². The van der Waals surface area contributed by atoms with Crippen LogP contribution in [0.15, 0.2) is 0 Å². The van der Waals surface area contributed by atoms with Crippen molar-refractivity contribution < 1.29 is 19.5 Å². The molecule has 0 aromatic heterocycles. The van der Waals surface area contributed by atoms with Gasteiger partial charge in [-0.15, -0.1) is 0 Å². The molecule has 0 aliphatic carbocycles. The van der Waals surface area contributed by atoms with Crippen LogP contribution in [0.5, 0.6) is 0 Å². The number of carboxylic acid groups (broad SMARTS) is 1. The molecule has 0 bridgehead atoms. The minimum Gasteiger partial charge on any atom is -0.481 e. The maximum absolute atomic E-state index is 12.2. The third kappa shape index (κ3) is 2.70. The van der Waals surface area contributed by atoms with Gasteiger partial charge in [0.1, 0.15) is 11.7 Å². The minimum absolute atomic E-state index is 0.0496. The molecule has 106 valence electrons. The molecule has 0 aromatic carbocycles. The van der Waals surface area contributed by atoms with E-state index in [0.29, 0.717) is 32.5 Å². The molecular formula is C12H19N3O4. The van der Waals surface area contributed by atoms with Crippen molar-refractivity contribution in [2.45, 2.75) is 12.8 Å². The van der Waals surface area contributed by atoms with E-state index >= 15 is 0 Å². The van der Waals surface area contributed by atoms with Gasteiger partial charge in [0.25, 0.3) is 0 Å². The molecule has 2 fully saturated rings. The van der Waals surface area contributed by atoms with Crippen molar-refractivity contribution in [3.05, 3.63) is 0 Å². The normalized spacial score (nSPS) is 22.9. The van der Waals surface area contributed by atoms with Crippen LogP contribution in [-0.4, -0.2) is 72.5 Å². The number of nitrogens with one attached hydrogen (secondary N) is 1. The highest BCUT2D eigenvalue weighted by atomic mass is 16.4. The fourth-order valence-electron chi connectivity index (χ4n) is 2.54. The van der Waals surface area contributed by atoms with Gasteiger partial charge in [-0.3, -0.25) is 4.79 Å². The second-order valence-corrected chi connectivity index (χ2v) is 5.09. The number of hydrogen-bond acceptors (Lipinski definition) is 4. The fourth-order valence-corrected chi connectivity index (χ4v) is 2.54. The summed E-state index contributed by atoms with van der Waals surface area (Å²) in [5, 5.41) is 12.3. The number of amides is 2. The molecular weight excluding hydrogens is 250 g/mol. The average molecular weight is 269 g/mol. The summed E-state index contributed by atoms with van der Waals surface area (Å²) in [4.78, 5) is 37.8. The van der Waals surface area contributed by atoms with E-state index in [4.69, 9.17) is 5.11 Å². The maximum atomic E-state index is 12.2. The summed E-state index contributed by atoms with van der Waals surface area (Å²) in [6.45, 7) is 3.57. The maximum Gasteiger partial charge on any atom is 0.320 e. The lowest BCUT2D eigenvalue weighted by Crippen LogP contribution is -2.55. The molecule has 0 saturated carbocycles. The van der Waals surface area contributed by atoms with E-state index in [-0.39, 0.29) is 18.9 Å². The first kappa shape index (κ1) is 13.8. The van der Waals surface area contributed by atoms with Crippen LogP contribution in [-0.2, 0) is 9.59 Å². The zero-order valence-corrected chi connectivity index (χ0v) is 10.8. The van der Waals surface area contributed by atoms with Crippen LogP contribution >= 0.6 is 0 Å². The van der Waals surface area contributed by atoms with E-state index in [1.54, 1.807) is 9.80 Å². The Morgan fingerprint density at radius 1 is 1.05 bits per heavy atom. The summed E-state index contributed by atoms with van der Waals surface area (Å²) >= 11 is 0. The zero-order chi connectivity index (χ0) is 13.9.